The van der Waals surface area contributed by atoms with Gasteiger partial charge in [-0.25, -0.2) is 0 Å². The largest absolute Gasteiger partial charge is 0.497 e. The van der Waals surface area contributed by atoms with Crippen molar-refractivity contribution in [3.63, 3.8) is 0 Å². The highest BCUT2D eigenvalue weighted by Gasteiger charge is 2.18. The summed E-state index contributed by atoms with van der Waals surface area (Å²) in [4.78, 5) is 38.0. The monoisotopic (exact) mass is 329 g/mol. The molecule has 0 aliphatic rings. The van der Waals surface area contributed by atoms with Crippen LogP contribution in [-0.4, -0.2) is 23.9 Å². The lowest BCUT2D eigenvalue weighted by atomic mass is 10.0. The number of benzene rings is 1. The Morgan fingerprint density at radius 3 is 2.50 bits per heavy atom. The standard InChI is InChI=1S/C17H19N3O4/c1-11(21)19-14(12-3-5-13(24-2)6-4-12)9-17(23)20-15-10-18-8-7-16(15)22/h3-8,10,14H,9H2,1-2H3,(H,18,22)(H,19,21)(H,20,23)/t14-/m0/s1. The fourth-order valence-electron chi connectivity index (χ4n) is 2.23. The molecule has 7 nitrogen and oxygen atoms in total. The number of aromatic amines is 1. The molecule has 1 aromatic heterocycles. The van der Waals surface area contributed by atoms with Crippen LogP contribution in [0.3, 0.4) is 0 Å². The quantitative estimate of drug-likeness (QED) is 0.749. The molecule has 0 unspecified atom stereocenters. The van der Waals surface area contributed by atoms with E-state index in [1.54, 1.807) is 31.4 Å². The Morgan fingerprint density at radius 1 is 1.21 bits per heavy atom. The predicted octanol–water partition coefficient (Wildman–Crippen LogP) is 1.59. The average Bonchev–Trinajstić information content (AvgIpc) is 2.56. The van der Waals surface area contributed by atoms with Gasteiger partial charge in [0.15, 0.2) is 0 Å². The van der Waals surface area contributed by atoms with E-state index < -0.39 is 6.04 Å². The number of aromatic nitrogens is 1. The maximum Gasteiger partial charge on any atom is 0.226 e. The fourth-order valence-corrected chi connectivity index (χ4v) is 2.23. The van der Waals surface area contributed by atoms with Gasteiger partial charge >= 0.3 is 0 Å². The zero-order chi connectivity index (χ0) is 17.5. The molecule has 0 radical (unpaired) electrons. The number of anilines is 1. The molecular formula is C17H19N3O4. The molecule has 2 rings (SSSR count). The van der Waals surface area contributed by atoms with E-state index >= 15 is 0 Å². The Labute approximate surface area is 139 Å². The van der Waals surface area contributed by atoms with Crippen molar-refractivity contribution in [1.29, 1.82) is 0 Å². The number of amides is 2. The molecule has 1 aromatic carbocycles. The molecule has 24 heavy (non-hydrogen) atoms. The molecule has 1 atom stereocenters. The van der Waals surface area contributed by atoms with Crippen molar-refractivity contribution in [3.05, 3.63) is 58.5 Å². The van der Waals surface area contributed by atoms with Gasteiger partial charge < -0.3 is 20.4 Å². The molecule has 0 saturated heterocycles. The predicted molar refractivity (Wildman–Crippen MR) is 89.9 cm³/mol. The summed E-state index contributed by atoms with van der Waals surface area (Å²) in [6.07, 6.45) is 2.90. The van der Waals surface area contributed by atoms with E-state index in [-0.39, 0.29) is 29.4 Å². The van der Waals surface area contributed by atoms with Gasteiger partial charge in [-0.05, 0) is 17.7 Å². The van der Waals surface area contributed by atoms with Crippen molar-refractivity contribution in [2.45, 2.75) is 19.4 Å². The van der Waals surface area contributed by atoms with Gasteiger partial charge in [-0.15, -0.1) is 0 Å². The molecule has 0 bridgehead atoms. The number of carbonyl (C=O) groups excluding carboxylic acids is 2. The second-order valence-corrected chi connectivity index (χ2v) is 5.20. The Morgan fingerprint density at radius 2 is 1.92 bits per heavy atom. The lowest BCUT2D eigenvalue weighted by Gasteiger charge is -2.18. The number of pyridine rings is 1. The van der Waals surface area contributed by atoms with Crippen LogP contribution in [0, 0.1) is 0 Å². The molecule has 1 heterocycles. The molecule has 7 heteroatoms. The lowest BCUT2D eigenvalue weighted by molar-refractivity contribution is -0.120. The first-order valence-corrected chi connectivity index (χ1v) is 7.37. The van der Waals surface area contributed by atoms with Crippen LogP contribution < -0.4 is 20.8 Å². The Hall–Kier alpha value is -3.09. The molecule has 126 valence electrons. The molecular weight excluding hydrogens is 310 g/mol. The van der Waals surface area contributed by atoms with Gasteiger partial charge in [0.1, 0.15) is 11.4 Å². The summed E-state index contributed by atoms with van der Waals surface area (Å²) in [5.74, 6) is 0.0584. The number of hydrogen-bond donors (Lipinski definition) is 3. The van der Waals surface area contributed by atoms with Crippen LogP contribution in [0.15, 0.2) is 47.5 Å². The van der Waals surface area contributed by atoms with Crippen LogP contribution in [0.5, 0.6) is 5.75 Å². The first-order valence-electron chi connectivity index (χ1n) is 7.37. The van der Waals surface area contributed by atoms with Gasteiger partial charge in [-0.3, -0.25) is 14.4 Å². The van der Waals surface area contributed by atoms with Gasteiger partial charge in [0.05, 0.1) is 19.6 Å². The minimum absolute atomic E-state index is 0.000241. The molecule has 2 aromatic rings. The number of ether oxygens (including phenoxy) is 1. The zero-order valence-corrected chi connectivity index (χ0v) is 13.5. The van der Waals surface area contributed by atoms with Gasteiger partial charge in [0.25, 0.3) is 0 Å². The molecule has 0 saturated carbocycles. The van der Waals surface area contributed by atoms with Gasteiger partial charge in [0, 0.05) is 25.4 Å². The number of methoxy groups -OCH3 is 1. The molecule has 0 fully saturated rings. The second kappa shape index (κ2) is 7.96. The van der Waals surface area contributed by atoms with Gasteiger partial charge in [-0.2, -0.15) is 0 Å². The summed E-state index contributed by atoms with van der Waals surface area (Å²) >= 11 is 0. The highest BCUT2D eigenvalue weighted by molar-refractivity contribution is 5.91. The fraction of sp³-hybridized carbons (Fsp3) is 0.235. The van der Waals surface area contributed by atoms with E-state index in [0.29, 0.717) is 5.75 Å². The van der Waals surface area contributed by atoms with Crippen LogP contribution in [0.2, 0.25) is 0 Å². The minimum Gasteiger partial charge on any atom is -0.497 e. The molecule has 0 aliphatic heterocycles. The Balaban J connectivity index is 2.12. The summed E-state index contributed by atoms with van der Waals surface area (Å²) in [7, 11) is 1.56. The molecule has 0 spiro atoms. The summed E-state index contributed by atoms with van der Waals surface area (Å²) in [6, 6.07) is 7.89. The van der Waals surface area contributed by atoms with E-state index in [2.05, 4.69) is 15.6 Å². The highest BCUT2D eigenvalue weighted by atomic mass is 16.5. The van der Waals surface area contributed by atoms with Crippen molar-refractivity contribution in [2.24, 2.45) is 0 Å². The first-order chi connectivity index (χ1) is 11.5. The van der Waals surface area contributed by atoms with Crippen LogP contribution in [0.4, 0.5) is 5.69 Å². The van der Waals surface area contributed by atoms with E-state index in [1.165, 1.54) is 25.4 Å². The normalized spacial score (nSPS) is 11.4. The third-order valence-electron chi connectivity index (χ3n) is 3.38. The summed E-state index contributed by atoms with van der Waals surface area (Å²) in [6.45, 7) is 1.39. The maximum atomic E-state index is 12.2. The van der Waals surface area contributed by atoms with Crippen LogP contribution in [0.25, 0.3) is 0 Å². The molecule has 0 aliphatic carbocycles. The highest BCUT2D eigenvalue weighted by Crippen LogP contribution is 2.20. The van der Waals surface area contributed by atoms with Gasteiger partial charge in [-0.1, -0.05) is 12.1 Å². The van der Waals surface area contributed by atoms with Crippen molar-refractivity contribution in [1.82, 2.24) is 10.3 Å². The van der Waals surface area contributed by atoms with Crippen molar-refractivity contribution < 1.29 is 14.3 Å². The minimum atomic E-state index is -0.504. The van der Waals surface area contributed by atoms with Crippen LogP contribution >= 0.6 is 0 Å². The topological polar surface area (TPSA) is 100 Å². The number of nitrogens with one attached hydrogen (secondary N) is 3. The smallest absolute Gasteiger partial charge is 0.226 e. The zero-order valence-electron chi connectivity index (χ0n) is 13.5. The molecule has 3 N–H and O–H groups in total. The van der Waals surface area contributed by atoms with E-state index in [4.69, 9.17) is 4.74 Å². The van der Waals surface area contributed by atoms with Gasteiger partial charge in [0.2, 0.25) is 17.2 Å². The first kappa shape index (κ1) is 17.3. The number of carbonyl (C=O) groups is 2. The number of hydrogen-bond acceptors (Lipinski definition) is 4. The van der Waals surface area contributed by atoms with E-state index in [1.807, 2.05) is 0 Å². The summed E-state index contributed by atoms with van der Waals surface area (Å²) in [5.41, 5.74) is 0.643. The van der Waals surface area contributed by atoms with Crippen LogP contribution in [-0.2, 0) is 9.59 Å². The Kier molecular flexibility index (Phi) is 5.73. The van der Waals surface area contributed by atoms with E-state index in [0.717, 1.165) is 5.56 Å². The lowest BCUT2D eigenvalue weighted by Crippen LogP contribution is -2.30. The second-order valence-electron chi connectivity index (χ2n) is 5.20. The van der Waals surface area contributed by atoms with Crippen molar-refractivity contribution in [3.8, 4) is 5.75 Å². The third kappa shape index (κ3) is 4.70. The molecule has 2 amide bonds. The van der Waals surface area contributed by atoms with Crippen molar-refractivity contribution >= 4 is 17.5 Å². The maximum absolute atomic E-state index is 12.2. The third-order valence-corrected chi connectivity index (χ3v) is 3.38. The number of H-pyrrole nitrogens is 1. The Bertz CT molecular complexity index is 768. The van der Waals surface area contributed by atoms with Crippen molar-refractivity contribution in [2.75, 3.05) is 12.4 Å². The summed E-state index contributed by atoms with van der Waals surface area (Å²) < 4.78 is 5.10. The summed E-state index contributed by atoms with van der Waals surface area (Å²) in [5, 5.41) is 5.29. The van der Waals surface area contributed by atoms with E-state index in [9.17, 15) is 14.4 Å². The SMILES string of the molecule is COc1ccc([C@H](CC(=O)Nc2c[nH]ccc2=O)NC(C)=O)cc1. The number of rotatable bonds is 6. The van der Waals surface area contributed by atoms with Crippen LogP contribution in [0.1, 0.15) is 24.9 Å². The average molecular weight is 329 g/mol.